The molecule has 0 radical (unpaired) electrons. The summed E-state index contributed by atoms with van der Waals surface area (Å²) in [6.45, 7) is 0.521. The Morgan fingerprint density at radius 3 is 2.50 bits per heavy atom. The van der Waals surface area contributed by atoms with Crippen LogP contribution in [-0.4, -0.2) is 18.5 Å². The minimum absolute atomic E-state index is 0.348. The number of benzene rings is 1. The van der Waals surface area contributed by atoms with E-state index in [2.05, 4.69) is 16.2 Å². The van der Waals surface area contributed by atoms with E-state index in [0.29, 0.717) is 12.1 Å². The molecule has 3 amide bonds. The maximum Gasteiger partial charge on any atom is 0.333 e. The Morgan fingerprint density at radius 2 is 1.80 bits per heavy atom. The Balaban J connectivity index is 1.66. The monoisotopic (exact) mass is 289 g/mol. The summed E-state index contributed by atoms with van der Waals surface area (Å²) in [6, 6.07) is 12.2. The van der Waals surface area contributed by atoms with Gasteiger partial charge in [0.2, 0.25) is 0 Å². The lowest BCUT2D eigenvalue weighted by atomic mass is 10.2. The molecule has 0 saturated heterocycles. The van der Waals surface area contributed by atoms with Gasteiger partial charge >= 0.3 is 6.03 Å². The van der Waals surface area contributed by atoms with E-state index in [1.54, 1.807) is 35.6 Å². The maximum absolute atomic E-state index is 11.7. The van der Waals surface area contributed by atoms with Gasteiger partial charge in [-0.05, 0) is 30.0 Å². The fourth-order valence-electron chi connectivity index (χ4n) is 1.57. The lowest BCUT2D eigenvalue weighted by Gasteiger charge is -2.08. The number of hydrazine groups is 1. The van der Waals surface area contributed by atoms with Crippen LogP contribution < -0.4 is 16.2 Å². The minimum Gasteiger partial charge on any atom is -0.336 e. The lowest BCUT2D eigenvalue weighted by Crippen LogP contribution is -2.47. The van der Waals surface area contributed by atoms with Gasteiger partial charge in [-0.25, -0.2) is 10.2 Å². The van der Waals surface area contributed by atoms with Crippen molar-refractivity contribution in [3.8, 4) is 0 Å². The average molecular weight is 289 g/mol. The molecule has 0 aliphatic heterocycles. The van der Waals surface area contributed by atoms with Crippen molar-refractivity contribution in [2.45, 2.75) is 6.42 Å². The summed E-state index contributed by atoms with van der Waals surface area (Å²) in [6.07, 6.45) is 0.776. The van der Waals surface area contributed by atoms with E-state index in [0.717, 1.165) is 6.42 Å². The average Bonchev–Trinajstić information content (AvgIpc) is 2.99. The normalized spacial score (nSPS) is 9.80. The highest BCUT2D eigenvalue weighted by atomic mass is 32.1. The molecule has 0 bridgehead atoms. The second-order valence-corrected chi connectivity index (χ2v) is 5.06. The second kappa shape index (κ2) is 7.30. The zero-order chi connectivity index (χ0) is 14.2. The number of hydrogen-bond acceptors (Lipinski definition) is 3. The summed E-state index contributed by atoms with van der Waals surface area (Å²) in [4.78, 5) is 24.3. The Kier molecular flexibility index (Phi) is 5.14. The van der Waals surface area contributed by atoms with Crippen LogP contribution in [0.15, 0.2) is 47.8 Å². The van der Waals surface area contributed by atoms with Gasteiger partial charge in [0.15, 0.2) is 0 Å². The first-order valence-corrected chi connectivity index (χ1v) is 7.05. The number of urea groups is 1. The second-order valence-electron chi connectivity index (χ2n) is 4.03. The minimum atomic E-state index is -0.425. The predicted molar refractivity (Wildman–Crippen MR) is 78.5 cm³/mol. The molecule has 6 heteroatoms. The van der Waals surface area contributed by atoms with Crippen molar-refractivity contribution in [3.05, 3.63) is 58.3 Å². The van der Waals surface area contributed by atoms with Crippen molar-refractivity contribution in [1.29, 1.82) is 0 Å². The van der Waals surface area contributed by atoms with E-state index >= 15 is 0 Å². The van der Waals surface area contributed by atoms with Gasteiger partial charge in [0.05, 0.1) is 0 Å². The van der Waals surface area contributed by atoms with Crippen LogP contribution >= 0.6 is 11.3 Å². The molecule has 1 heterocycles. The molecular weight excluding hydrogens is 274 g/mol. The Hall–Kier alpha value is -2.34. The number of thiophene rings is 1. The van der Waals surface area contributed by atoms with E-state index < -0.39 is 6.03 Å². The lowest BCUT2D eigenvalue weighted by molar-refractivity contribution is 0.0936. The largest absolute Gasteiger partial charge is 0.336 e. The first-order valence-electron chi connectivity index (χ1n) is 6.17. The third-order valence-electron chi connectivity index (χ3n) is 2.56. The molecule has 3 N–H and O–H groups in total. The molecule has 0 spiro atoms. The van der Waals surface area contributed by atoms with Gasteiger partial charge in [-0.1, -0.05) is 24.3 Å². The number of carbonyl (C=O) groups excluding carboxylic acids is 2. The van der Waals surface area contributed by atoms with E-state index in [1.165, 1.54) is 4.88 Å². The predicted octanol–water partition coefficient (Wildman–Crippen LogP) is 1.93. The van der Waals surface area contributed by atoms with E-state index in [-0.39, 0.29) is 5.91 Å². The standard InChI is InChI=1S/C14H15N3O2S/c18-13(11-5-2-1-3-6-11)16-17-14(19)15-9-8-12-7-4-10-20-12/h1-7,10H,8-9H2,(H,16,18)(H2,15,17,19). The molecule has 2 rings (SSSR count). The van der Waals surface area contributed by atoms with Gasteiger partial charge in [-0.3, -0.25) is 10.2 Å². The summed E-state index contributed by atoms with van der Waals surface area (Å²) < 4.78 is 0. The zero-order valence-corrected chi connectivity index (χ0v) is 11.6. The third-order valence-corrected chi connectivity index (χ3v) is 3.50. The molecule has 20 heavy (non-hydrogen) atoms. The van der Waals surface area contributed by atoms with Crippen molar-refractivity contribution in [1.82, 2.24) is 16.2 Å². The van der Waals surface area contributed by atoms with Crippen LogP contribution in [0.2, 0.25) is 0 Å². The molecule has 0 aliphatic rings. The molecule has 0 unspecified atom stereocenters. The number of hydrogen-bond donors (Lipinski definition) is 3. The summed E-state index contributed by atoms with van der Waals surface area (Å²) in [5.74, 6) is -0.348. The van der Waals surface area contributed by atoms with Crippen LogP contribution in [0.1, 0.15) is 15.2 Å². The quantitative estimate of drug-likeness (QED) is 0.753. The molecule has 1 aromatic carbocycles. The highest BCUT2D eigenvalue weighted by Gasteiger charge is 2.05. The van der Waals surface area contributed by atoms with Gasteiger partial charge in [0, 0.05) is 17.0 Å². The molecule has 2 aromatic rings. The van der Waals surface area contributed by atoms with Crippen LogP contribution in [0.25, 0.3) is 0 Å². The van der Waals surface area contributed by atoms with E-state index in [9.17, 15) is 9.59 Å². The zero-order valence-electron chi connectivity index (χ0n) is 10.8. The summed E-state index contributed by atoms with van der Waals surface area (Å²) in [5, 5.41) is 4.67. The van der Waals surface area contributed by atoms with Gasteiger partial charge in [-0.15, -0.1) is 11.3 Å². The topological polar surface area (TPSA) is 70.2 Å². The third kappa shape index (κ3) is 4.40. The van der Waals surface area contributed by atoms with Crippen molar-refractivity contribution in [3.63, 3.8) is 0 Å². The first kappa shape index (κ1) is 14.1. The van der Waals surface area contributed by atoms with Crippen molar-refractivity contribution < 1.29 is 9.59 Å². The van der Waals surface area contributed by atoms with E-state index in [4.69, 9.17) is 0 Å². The van der Waals surface area contributed by atoms with Crippen LogP contribution in [0.4, 0.5) is 4.79 Å². The molecule has 0 aliphatic carbocycles. The highest BCUT2D eigenvalue weighted by Crippen LogP contribution is 2.07. The molecule has 0 atom stereocenters. The first-order chi connectivity index (χ1) is 9.75. The van der Waals surface area contributed by atoms with Crippen molar-refractivity contribution in [2.75, 3.05) is 6.54 Å². The Bertz CT molecular complexity index is 555. The van der Waals surface area contributed by atoms with Crippen LogP contribution in [-0.2, 0) is 6.42 Å². The molecule has 0 saturated carbocycles. The SMILES string of the molecule is O=C(NCCc1cccs1)NNC(=O)c1ccccc1. The smallest absolute Gasteiger partial charge is 0.333 e. The number of amides is 3. The molecule has 5 nitrogen and oxygen atoms in total. The van der Waals surface area contributed by atoms with Crippen molar-refractivity contribution in [2.24, 2.45) is 0 Å². The summed E-state index contributed by atoms with van der Waals surface area (Å²) in [5.41, 5.74) is 5.15. The van der Waals surface area contributed by atoms with Crippen molar-refractivity contribution >= 4 is 23.3 Å². The summed E-state index contributed by atoms with van der Waals surface area (Å²) >= 11 is 1.65. The number of rotatable bonds is 4. The van der Waals surface area contributed by atoms with Gasteiger partial charge in [0.1, 0.15) is 0 Å². The van der Waals surface area contributed by atoms with Crippen LogP contribution in [0.5, 0.6) is 0 Å². The molecule has 1 aromatic heterocycles. The van der Waals surface area contributed by atoms with Crippen LogP contribution in [0, 0.1) is 0 Å². The highest BCUT2D eigenvalue weighted by molar-refractivity contribution is 7.09. The molecular formula is C14H15N3O2S. The molecule has 104 valence electrons. The van der Waals surface area contributed by atoms with E-state index in [1.807, 2.05) is 23.6 Å². The van der Waals surface area contributed by atoms with Gasteiger partial charge < -0.3 is 5.32 Å². The Morgan fingerprint density at radius 1 is 1.00 bits per heavy atom. The fourth-order valence-corrected chi connectivity index (χ4v) is 2.28. The van der Waals surface area contributed by atoms with Crippen LogP contribution in [0.3, 0.4) is 0 Å². The fraction of sp³-hybridized carbons (Fsp3) is 0.143. The van der Waals surface area contributed by atoms with Gasteiger partial charge in [0.25, 0.3) is 5.91 Å². The summed E-state index contributed by atoms with van der Waals surface area (Å²) in [7, 11) is 0. The van der Waals surface area contributed by atoms with Gasteiger partial charge in [-0.2, -0.15) is 0 Å². The number of nitrogens with one attached hydrogen (secondary N) is 3. The Labute approximate surface area is 121 Å². The molecule has 0 fully saturated rings. The maximum atomic E-state index is 11.7. The number of carbonyl (C=O) groups is 2.